The molecule has 1 fully saturated rings. The topological polar surface area (TPSA) is 101 Å². The number of hydrogen-bond acceptors (Lipinski definition) is 4. The molecule has 0 saturated carbocycles. The maximum atomic E-state index is 13.6. The number of nitrogens with one attached hydrogen (secondary N) is 2. The summed E-state index contributed by atoms with van der Waals surface area (Å²) in [5.41, 5.74) is 4.73. The van der Waals surface area contributed by atoms with E-state index in [9.17, 15) is 15.0 Å². The van der Waals surface area contributed by atoms with Gasteiger partial charge < -0.3 is 20.4 Å². The van der Waals surface area contributed by atoms with Crippen molar-refractivity contribution in [2.75, 3.05) is 0 Å². The van der Waals surface area contributed by atoms with Crippen LogP contribution >= 0.6 is 0 Å². The van der Waals surface area contributed by atoms with Crippen molar-refractivity contribution in [2.24, 2.45) is 0 Å². The molecule has 7 heteroatoms. The van der Waals surface area contributed by atoms with Gasteiger partial charge in [0, 0.05) is 12.7 Å². The molecule has 4 atom stereocenters. The summed E-state index contributed by atoms with van der Waals surface area (Å²) in [7, 11) is 0. The summed E-state index contributed by atoms with van der Waals surface area (Å²) in [4.78, 5) is 15.3. The Morgan fingerprint density at radius 1 is 0.778 bits per heavy atom. The Kier molecular flexibility index (Phi) is 7.11. The largest absolute Gasteiger partial charge is 0.388 e. The van der Waals surface area contributed by atoms with Crippen molar-refractivity contribution in [3.63, 3.8) is 0 Å². The molecule has 1 aliphatic rings. The van der Waals surface area contributed by atoms with E-state index in [1.165, 1.54) is 0 Å². The predicted octanol–water partition coefficient (Wildman–Crippen LogP) is 3.55. The number of nitrogens with zero attached hydrogens (tertiary/aromatic N) is 2. The van der Waals surface area contributed by atoms with Gasteiger partial charge in [-0.15, -0.1) is 0 Å². The van der Waals surface area contributed by atoms with Crippen molar-refractivity contribution >= 4 is 6.03 Å². The molecular weight excluding hydrogens is 452 g/mol. The maximum Gasteiger partial charge on any atom is 0.318 e. The number of aliphatic hydroxyl groups excluding tert-OH is 2. The fourth-order valence-corrected chi connectivity index (χ4v) is 4.89. The van der Waals surface area contributed by atoms with E-state index >= 15 is 0 Å². The third kappa shape index (κ3) is 5.32. The molecule has 0 radical (unpaired) electrons. The van der Waals surface area contributed by atoms with E-state index < -0.39 is 24.3 Å². The fraction of sp³-hybridized carbons (Fsp3) is 0.241. The zero-order valence-corrected chi connectivity index (χ0v) is 19.9. The minimum absolute atomic E-state index is 0.285. The molecule has 1 aromatic heterocycles. The number of amides is 2. The highest BCUT2D eigenvalue weighted by Crippen LogP contribution is 2.25. The molecule has 3 aromatic carbocycles. The quantitative estimate of drug-likeness (QED) is 0.324. The Morgan fingerprint density at radius 3 is 2.11 bits per heavy atom. The number of H-pyrrole nitrogens is 1. The van der Waals surface area contributed by atoms with Crippen LogP contribution in [0.15, 0.2) is 97.2 Å². The van der Waals surface area contributed by atoms with Crippen LogP contribution in [0.2, 0.25) is 0 Å². The van der Waals surface area contributed by atoms with Gasteiger partial charge in [-0.25, -0.2) is 4.79 Å². The van der Waals surface area contributed by atoms with Gasteiger partial charge in [-0.05, 0) is 47.2 Å². The van der Waals surface area contributed by atoms with Gasteiger partial charge in [0.2, 0.25) is 0 Å². The van der Waals surface area contributed by atoms with Gasteiger partial charge in [0.15, 0.2) is 0 Å². The first-order chi connectivity index (χ1) is 17.6. The van der Waals surface area contributed by atoms with Gasteiger partial charge in [-0.2, -0.15) is 5.10 Å². The Morgan fingerprint density at radius 2 is 1.44 bits per heavy atom. The van der Waals surface area contributed by atoms with Crippen molar-refractivity contribution in [1.29, 1.82) is 0 Å². The van der Waals surface area contributed by atoms with Crippen LogP contribution in [0.25, 0.3) is 11.3 Å². The van der Waals surface area contributed by atoms with E-state index in [2.05, 4.69) is 15.5 Å². The third-order valence-corrected chi connectivity index (χ3v) is 6.80. The number of hydrogen-bond donors (Lipinski definition) is 4. The van der Waals surface area contributed by atoms with Crippen LogP contribution in [0, 0.1) is 0 Å². The Bertz CT molecular complexity index is 1260. The second-order valence-corrected chi connectivity index (χ2v) is 9.28. The highest BCUT2D eigenvalue weighted by atomic mass is 16.3. The smallest absolute Gasteiger partial charge is 0.318 e. The average Bonchev–Trinajstić information content (AvgIpc) is 3.44. The first kappa shape index (κ1) is 23.8. The van der Waals surface area contributed by atoms with E-state index in [0.29, 0.717) is 12.8 Å². The molecule has 4 aromatic rings. The van der Waals surface area contributed by atoms with Crippen molar-refractivity contribution in [3.8, 4) is 11.3 Å². The minimum atomic E-state index is -1.13. The van der Waals surface area contributed by atoms with Gasteiger partial charge in [0.25, 0.3) is 0 Å². The number of aliphatic hydroxyl groups is 2. The summed E-state index contributed by atoms with van der Waals surface area (Å²) >= 11 is 0. The van der Waals surface area contributed by atoms with E-state index in [4.69, 9.17) is 0 Å². The molecule has 36 heavy (non-hydrogen) atoms. The Hall–Kier alpha value is -3.94. The SMILES string of the molecule is O=C1N[C@H](Cc2ccccc2)[C@H](O)[C@@H](O)[C@@H](Cc2ccccc2)N1Cc1cccc(-c2ccn[nH]2)c1. The standard InChI is InChI=1S/C29H30N4O3/c34-27-25(17-20-8-3-1-4-9-20)31-29(36)33(26(28(27)35)18-21-10-5-2-6-11-21)19-22-12-7-13-23(16-22)24-14-15-30-32-24/h1-16,25-28,34-35H,17-19H2,(H,30,32)(H,31,36)/t25-,26-,27+,28+/m1/s1. The molecule has 0 spiro atoms. The van der Waals surface area contributed by atoms with E-state index in [0.717, 1.165) is 27.9 Å². The maximum absolute atomic E-state index is 13.6. The number of carbonyl (C=O) groups excluding carboxylic acids is 1. The molecular formula is C29H30N4O3. The zero-order chi connectivity index (χ0) is 24.9. The lowest BCUT2D eigenvalue weighted by atomic mass is 9.91. The van der Waals surface area contributed by atoms with Crippen molar-refractivity contribution < 1.29 is 15.0 Å². The highest BCUT2D eigenvalue weighted by Gasteiger charge is 2.42. The molecule has 0 bridgehead atoms. The lowest BCUT2D eigenvalue weighted by molar-refractivity contribution is -0.0306. The van der Waals surface area contributed by atoms with Crippen molar-refractivity contribution in [1.82, 2.24) is 20.4 Å². The van der Waals surface area contributed by atoms with Crippen LogP contribution in [0.3, 0.4) is 0 Å². The van der Waals surface area contributed by atoms with Gasteiger partial charge in [-0.1, -0.05) is 78.9 Å². The molecule has 0 aliphatic carbocycles. The number of carbonyl (C=O) groups is 1. The lowest BCUT2D eigenvalue weighted by Gasteiger charge is -2.33. The van der Waals surface area contributed by atoms with Crippen LogP contribution < -0.4 is 5.32 Å². The summed E-state index contributed by atoms with van der Waals surface area (Å²) in [6.07, 6.45) is 0.291. The number of aromatic nitrogens is 2. The van der Waals surface area contributed by atoms with Crippen LogP contribution in [-0.2, 0) is 19.4 Å². The normalized spacial score (nSPS) is 22.2. The van der Waals surface area contributed by atoms with E-state index in [-0.39, 0.29) is 12.6 Å². The first-order valence-corrected chi connectivity index (χ1v) is 12.2. The summed E-state index contributed by atoms with van der Waals surface area (Å²) in [5.74, 6) is 0. The number of urea groups is 1. The molecule has 184 valence electrons. The summed E-state index contributed by atoms with van der Waals surface area (Å²) in [5, 5.41) is 32.6. The average molecular weight is 483 g/mol. The number of benzene rings is 3. The summed E-state index contributed by atoms with van der Waals surface area (Å²) in [6.45, 7) is 0.285. The van der Waals surface area contributed by atoms with Crippen LogP contribution in [0.4, 0.5) is 4.79 Å². The molecule has 0 unspecified atom stereocenters. The molecule has 5 rings (SSSR count). The highest BCUT2D eigenvalue weighted by molar-refractivity contribution is 5.76. The number of aromatic amines is 1. The van der Waals surface area contributed by atoms with Crippen molar-refractivity contribution in [2.45, 2.75) is 43.7 Å². The van der Waals surface area contributed by atoms with Crippen LogP contribution in [0.5, 0.6) is 0 Å². The van der Waals surface area contributed by atoms with E-state index in [1.807, 2.05) is 91.0 Å². The molecule has 1 aliphatic heterocycles. The fourth-order valence-electron chi connectivity index (χ4n) is 4.89. The molecule has 2 heterocycles. The monoisotopic (exact) mass is 482 g/mol. The van der Waals surface area contributed by atoms with Crippen molar-refractivity contribution in [3.05, 3.63) is 114 Å². The minimum Gasteiger partial charge on any atom is -0.388 e. The summed E-state index contributed by atoms with van der Waals surface area (Å²) in [6, 6.07) is 27.7. The van der Waals surface area contributed by atoms with Gasteiger partial charge >= 0.3 is 6.03 Å². The van der Waals surface area contributed by atoms with Crippen LogP contribution in [0.1, 0.15) is 16.7 Å². The number of rotatable bonds is 7. The zero-order valence-electron chi connectivity index (χ0n) is 19.9. The third-order valence-electron chi connectivity index (χ3n) is 6.80. The van der Waals surface area contributed by atoms with Gasteiger partial charge in [0.05, 0.1) is 17.8 Å². The van der Waals surface area contributed by atoms with Gasteiger partial charge in [-0.3, -0.25) is 5.10 Å². The van der Waals surface area contributed by atoms with E-state index in [1.54, 1.807) is 11.1 Å². The van der Waals surface area contributed by atoms with Crippen LogP contribution in [-0.4, -0.2) is 55.6 Å². The first-order valence-electron chi connectivity index (χ1n) is 12.2. The second-order valence-electron chi connectivity index (χ2n) is 9.28. The molecule has 1 saturated heterocycles. The molecule has 2 amide bonds. The molecule has 4 N–H and O–H groups in total. The Labute approximate surface area is 210 Å². The summed E-state index contributed by atoms with van der Waals surface area (Å²) < 4.78 is 0. The predicted molar refractivity (Wildman–Crippen MR) is 138 cm³/mol. The lowest BCUT2D eigenvalue weighted by Crippen LogP contribution is -2.50. The molecule has 7 nitrogen and oxygen atoms in total. The van der Waals surface area contributed by atoms with Gasteiger partial charge in [0.1, 0.15) is 12.2 Å². The second kappa shape index (κ2) is 10.8. The Balaban J connectivity index is 1.46.